The second-order valence-corrected chi connectivity index (χ2v) is 6.84. The van der Waals surface area contributed by atoms with Gasteiger partial charge in [-0.2, -0.15) is 12.6 Å². The number of nitrogens with one attached hydrogen (secondary N) is 3. The van der Waals surface area contributed by atoms with Crippen molar-refractivity contribution in [2.45, 2.75) is 57.8 Å². The highest BCUT2D eigenvalue weighted by atomic mass is 32.1. The van der Waals surface area contributed by atoms with E-state index in [0.29, 0.717) is 6.42 Å². The molecule has 0 aromatic carbocycles. The van der Waals surface area contributed by atoms with Gasteiger partial charge in [0.1, 0.15) is 18.1 Å². The summed E-state index contributed by atoms with van der Waals surface area (Å²) in [5.41, 5.74) is 10.5. The lowest BCUT2D eigenvalue weighted by Crippen LogP contribution is -2.59. The number of hydrogen-bond donors (Lipinski definition) is 7. The fraction of sp³-hybridized carbons (Fsp3) is 0.688. The van der Waals surface area contributed by atoms with Crippen LogP contribution in [0.1, 0.15) is 33.6 Å². The van der Waals surface area contributed by atoms with Gasteiger partial charge in [-0.15, -0.1) is 0 Å². The second-order valence-electron chi connectivity index (χ2n) is 6.47. The first-order valence-electron chi connectivity index (χ1n) is 8.73. The van der Waals surface area contributed by atoms with Gasteiger partial charge in [0.15, 0.2) is 0 Å². The number of carboxylic acid groups (broad SMARTS) is 1. The van der Waals surface area contributed by atoms with Gasteiger partial charge in [-0.3, -0.25) is 19.2 Å². The Morgan fingerprint density at radius 2 is 1.50 bits per heavy atom. The average molecular weight is 420 g/mol. The van der Waals surface area contributed by atoms with E-state index < -0.39 is 60.2 Å². The number of thiol groups is 1. The summed E-state index contributed by atoms with van der Waals surface area (Å²) < 4.78 is 0. The van der Waals surface area contributed by atoms with Crippen LogP contribution < -0.4 is 27.4 Å². The van der Waals surface area contributed by atoms with E-state index in [1.807, 2.05) is 0 Å². The number of primary amides is 1. The van der Waals surface area contributed by atoms with Crippen LogP contribution in [0.2, 0.25) is 0 Å². The summed E-state index contributed by atoms with van der Waals surface area (Å²) in [6.45, 7) is 4.91. The van der Waals surface area contributed by atoms with Gasteiger partial charge in [0.25, 0.3) is 0 Å². The molecule has 160 valence electrons. The monoisotopic (exact) mass is 419 g/mol. The van der Waals surface area contributed by atoms with Gasteiger partial charge in [-0.25, -0.2) is 4.79 Å². The van der Waals surface area contributed by atoms with Gasteiger partial charge in [0, 0.05) is 5.75 Å². The first-order chi connectivity index (χ1) is 12.9. The first kappa shape index (κ1) is 25.7. The third-order valence-corrected chi connectivity index (χ3v) is 4.41. The first-order valence-corrected chi connectivity index (χ1v) is 9.36. The molecular weight excluding hydrogens is 390 g/mol. The summed E-state index contributed by atoms with van der Waals surface area (Å²) >= 11 is 4.02. The molecule has 0 saturated heterocycles. The summed E-state index contributed by atoms with van der Waals surface area (Å²) in [6, 6.07) is -4.50. The van der Waals surface area contributed by atoms with E-state index in [9.17, 15) is 24.0 Å². The molecule has 0 bridgehead atoms. The van der Waals surface area contributed by atoms with Gasteiger partial charge >= 0.3 is 5.97 Å². The highest BCUT2D eigenvalue weighted by Crippen LogP contribution is 2.09. The molecule has 0 radical (unpaired) electrons. The van der Waals surface area contributed by atoms with E-state index in [0.717, 1.165) is 0 Å². The van der Waals surface area contributed by atoms with Crippen LogP contribution in [0.25, 0.3) is 0 Å². The Balaban J connectivity index is 5.32. The van der Waals surface area contributed by atoms with Gasteiger partial charge in [-0.05, 0) is 12.8 Å². The number of hydrogen-bond acceptors (Lipinski definition) is 7. The summed E-state index contributed by atoms with van der Waals surface area (Å²) in [7, 11) is 0. The summed E-state index contributed by atoms with van der Waals surface area (Å²) in [4.78, 5) is 59.0. The molecule has 0 aromatic rings. The van der Waals surface area contributed by atoms with E-state index >= 15 is 0 Å². The van der Waals surface area contributed by atoms with Crippen molar-refractivity contribution in [3.05, 3.63) is 0 Å². The number of carboxylic acids is 1. The van der Waals surface area contributed by atoms with Gasteiger partial charge in [-0.1, -0.05) is 20.3 Å². The van der Waals surface area contributed by atoms with Crippen LogP contribution in [0.3, 0.4) is 0 Å². The Labute approximate surface area is 168 Å². The van der Waals surface area contributed by atoms with Crippen molar-refractivity contribution >= 4 is 42.2 Å². The molecule has 8 N–H and O–H groups in total. The number of nitrogens with two attached hydrogens (primary N) is 2. The molecule has 0 aliphatic heterocycles. The summed E-state index contributed by atoms with van der Waals surface area (Å²) in [5.74, 6) is -4.76. The summed E-state index contributed by atoms with van der Waals surface area (Å²) in [5, 5.41) is 16.2. The lowest BCUT2D eigenvalue weighted by molar-refractivity contribution is -0.144. The Morgan fingerprint density at radius 1 is 0.964 bits per heavy atom. The SMILES string of the molecule is CCC(C)C(NC(=O)C(CS)NC(=O)C(C)N)C(=O)NC(CC(N)=O)C(=O)O. The van der Waals surface area contributed by atoms with Crippen molar-refractivity contribution in [1.29, 1.82) is 0 Å². The smallest absolute Gasteiger partial charge is 0.326 e. The maximum atomic E-state index is 12.5. The zero-order valence-corrected chi connectivity index (χ0v) is 17.0. The largest absolute Gasteiger partial charge is 0.480 e. The van der Waals surface area contributed by atoms with Crippen LogP contribution in [-0.4, -0.2) is 64.6 Å². The third-order valence-electron chi connectivity index (χ3n) is 4.04. The lowest BCUT2D eigenvalue weighted by atomic mass is 9.97. The van der Waals surface area contributed by atoms with Crippen LogP contribution in [0.15, 0.2) is 0 Å². The van der Waals surface area contributed by atoms with Gasteiger partial charge in [0.2, 0.25) is 23.6 Å². The minimum Gasteiger partial charge on any atom is -0.480 e. The molecule has 0 fully saturated rings. The zero-order valence-electron chi connectivity index (χ0n) is 16.1. The standard InChI is InChI=1S/C16H29N5O6S/c1-4-7(2)12(15(25)19-9(16(26)27)5-11(18)22)21-14(24)10(6-28)20-13(23)8(3)17/h7-10,12,28H,4-6,17H2,1-3H3,(H2,18,22)(H,19,25)(H,20,23)(H,21,24)(H,26,27). The van der Waals surface area contributed by atoms with Crippen LogP contribution in [0, 0.1) is 5.92 Å². The Hall–Kier alpha value is -2.34. The molecule has 5 unspecified atom stereocenters. The third kappa shape index (κ3) is 8.57. The molecule has 0 aliphatic carbocycles. The van der Waals surface area contributed by atoms with E-state index in [1.165, 1.54) is 6.92 Å². The van der Waals surface area contributed by atoms with E-state index in [1.54, 1.807) is 13.8 Å². The Morgan fingerprint density at radius 3 is 1.89 bits per heavy atom. The van der Waals surface area contributed by atoms with Crippen molar-refractivity contribution in [2.24, 2.45) is 17.4 Å². The highest BCUT2D eigenvalue weighted by Gasteiger charge is 2.32. The average Bonchev–Trinajstić information content (AvgIpc) is 2.61. The van der Waals surface area contributed by atoms with E-state index in [-0.39, 0.29) is 11.7 Å². The number of carbonyl (C=O) groups excluding carboxylic acids is 4. The van der Waals surface area contributed by atoms with Crippen LogP contribution >= 0.6 is 12.6 Å². The number of carbonyl (C=O) groups is 5. The van der Waals surface area contributed by atoms with Gasteiger partial charge < -0.3 is 32.5 Å². The molecule has 0 rings (SSSR count). The predicted molar refractivity (Wildman–Crippen MR) is 104 cm³/mol. The molecule has 12 heteroatoms. The zero-order chi connectivity index (χ0) is 22.0. The number of rotatable bonds is 12. The number of amides is 4. The van der Waals surface area contributed by atoms with Crippen LogP contribution in [0.4, 0.5) is 0 Å². The fourth-order valence-electron chi connectivity index (χ4n) is 2.12. The minimum atomic E-state index is -1.52. The molecule has 0 saturated carbocycles. The molecule has 0 spiro atoms. The van der Waals surface area contributed by atoms with Crippen molar-refractivity contribution < 1.29 is 29.1 Å². The molecule has 28 heavy (non-hydrogen) atoms. The molecule has 4 amide bonds. The Bertz CT molecular complexity index is 600. The maximum Gasteiger partial charge on any atom is 0.326 e. The normalized spacial score (nSPS) is 16.0. The minimum absolute atomic E-state index is 0.0431. The highest BCUT2D eigenvalue weighted by molar-refractivity contribution is 7.80. The molecule has 0 aliphatic rings. The van der Waals surface area contributed by atoms with E-state index in [4.69, 9.17) is 16.6 Å². The summed E-state index contributed by atoms with van der Waals surface area (Å²) in [6.07, 6.45) is -0.102. The molecule has 5 atom stereocenters. The molecule has 11 nitrogen and oxygen atoms in total. The van der Waals surface area contributed by atoms with Crippen LogP contribution in [0.5, 0.6) is 0 Å². The lowest BCUT2D eigenvalue weighted by Gasteiger charge is -2.27. The molecular formula is C16H29N5O6S. The van der Waals surface area contributed by atoms with Gasteiger partial charge in [0.05, 0.1) is 12.5 Å². The van der Waals surface area contributed by atoms with Crippen LogP contribution in [-0.2, 0) is 24.0 Å². The van der Waals surface area contributed by atoms with Crippen molar-refractivity contribution in [3.63, 3.8) is 0 Å². The quantitative estimate of drug-likeness (QED) is 0.173. The fourth-order valence-corrected chi connectivity index (χ4v) is 2.37. The predicted octanol–water partition coefficient (Wildman–Crippen LogP) is -2.28. The van der Waals surface area contributed by atoms with E-state index in [2.05, 4.69) is 28.6 Å². The van der Waals surface area contributed by atoms with Crippen molar-refractivity contribution in [1.82, 2.24) is 16.0 Å². The molecule has 0 aromatic heterocycles. The number of aliphatic carboxylic acids is 1. The molecule has 0 heterocycles. The topological polar surface area (TPSA) is 194 Å². The maximum absolute atomic E-state index is 12.5. The second kappa shape index (κ2) is 12.2. The van der Waals surface area contributed by atoms with Crippen molar-refractivity contribution in [2.75, 3.05) is 5.75 Å². The van der Waals surface area contributed by atoms with Crippen molar-refractivity contribution in [3.8, 4) is 0 Å². The Kier molecular flexibility index (Phi) is 11.2.